The van der Waals surface area contributed by atoms with E-state index < -0.39 is 61.0 Å². The minimum absolute atomic E-state index is 0. The maximum Gasteiger partial charge on any atom is 5.00 e. The molecule has 0 saturated carbocycles. The van der Waals surface area contributed by atoms with E-state index in [0.717, 1.165) is 0 Å². The molecule has 0 rings (SSSR count). The standard InChI is InChI=1S/10C3H7O.2Ta/c10*1-3(2)4;;/h10*3H,1-2H3;;/q10*-1;2*+5. The van der Waals surface area contributed by atoms with Crippen LogP contribution in [0.3, 0.4) is 0 Å². The molecule has 0 aliphatic rings. The molecule has 0 bridgehead atoms. The second-order valence-electron chi connectivity index (χ2n) is 10.5. The molecular formula is C30H70O10Ta2. The molecule has 260 valence electrons. The Labute approximate surface area is 294 Å². The maximum atomic E-state index is 9.53. The first-order valence-corrected chi connectivity index (χ1v) is 13.9. The first kappa shape index (κ1) is 79.0. The van der Waals surface area contributed by atoms with Crippen LogP contribution < -0.4 is 51.1 Å². The average molecular weight is 953 g/mol. The fourth-order valence-corrected chi connectivity index (χ4v) is 0. The van der Waals surface area contributed by atoms with E-state index in [9.17, 15) is 51.1 Å². The van der Waals surface area contributed by atoms with Crippen molar-refractivity contribution in [3.63, 3.8) is 0 Å². The van der Waals surface area contributed by atoms with Crippen LogP contribution in [0.1, 0.15) is 138 Å². The first-order valence-electron chi connectivity index (χ1n) is 13.9. The van der Waals surface area contributed by atoms with Gasteiger partial charge in [-0.15, -0.1) is 61.0 Å². The van der Waals surface area contributed by atoms with E-state index >= 15 is 0 Å². The maximum absolute atomic E-state index is 9.53. The van der Waals surface area contributed by atoms with Crippen LogP contribution in [0.15, 0.2) is 0 Å². The van der Waals surface area contributed by atoms with Crippen LogP contribution in [-0.2, 0) is 44.8 Å². The number of rotatable bonds is 0. The zero-order valence-corrected chi connectivity index (χ0v) is 37.2. The molecule has 10 nitrogen and oxygen atoms in total. The zero-order valence-electron chi connectivity index (χ0n) is 30.8. The molecule has 0 fully saturated rings. The van der Waals surface area contributed by atoms with Gasteiger partial charge in [0.1, 0.15) is 0 Å². The van der Waals surface area contributed by atoms with Crippen molar-refractivity contribution in [3.05, 3.63) is 0 Å². The van der Waals surface area contributed by atoms with Gasteiger partial charge >= 0.3 is 44.8 Å². The SMILES string of the molecule is CC(C)[O-].CC(C)[O-].CC(C)[O-].CC(C)[O-].CC(C)[O-].CC(C)[O-].CC(C)[O-].CC(C)[O-].CC(C)[O-].CC(C)[O-].[Ta+5].[Ta+5]. The van der Waals surface area contributed by atoms with Crippen LogP contribution in [0.4, 0.5) is 0 Å². The summed E-state index contributed by atoms with van der Waals surface area (Å²) in [6.45, 7) is 32.2. The van der Waals surface area contributed by atoms with Crippen LogP contribution in [0, 0.1) is 0 Å². The molecule has 0 amide bonds. The molecule has 0 unspecified atom stereocenters. The van der Waals surface area contributed by atoms with E-state index in [-0.39, 0.29) is 44.8 Å². The molecule has 0 aliphatic carbocycles. The van der Waals surface area contributed by atoms with Crippen LogP contribution >= 0.6 is 0 Å². The van der Waals surface area contributed by atoms with Crippen molar-refractivity contribution in [3.8, 4) is 0 Å². The smallest absolute Gasteiger partial charge is 0.852 e. The van der Waals surface area contributed by atoms with Crippen molar-refractivity contribution >= 4 is 0 Å². The van der Waals surface area contributed by atoms with Crippen LogP contribution in [-0.4, -0.2) is 61.0 Å². The van der Waals surface area contributed by atoms with Gasteiger partial charge in [-0.25, -0.2) is 0 Å². The molecule has 0 spiro atoms. The quantitative estimate of drug-likeness (QED) is 0.249. The summed E-state index contributed by atoms with van der Waals surface area (Å²) in [5, 5.41) is 95.3. The monoisotopic (exact) mass is 952 g/mol. The molecule has 12 heteroatoms. The van der Waals surface area contributed by atoms with Gasteiger partial charge in [-0.1, -0.05) is 138 Å². The average Bonchev–Trinajstić information content (AvgIpc) is 2.47. The predicted molar refractivity (Wildman–Crippen MR) is 151 cm³/mol. The van der Waals surface area contributed by atoms with Crippen LogP contribution in [0.2, 0.25) is 0 Å². The van der Waals surface area contributed by atoms with Gasteiger partial charge in [0.25, 0.3) is 0 Å². The Kier molecular flexibility index (Phi) is 138. The summed E-state index contributed by atoms with van der Waals surface area (Å²) in [4.78, 5) is 0. The van der Waals surface area contributed by atoms with E-state index in [2.05, 4.69) is 0 Å². The summed E-state index contributed by atoms with van der Waals surface area (Å²) in [6.07, 6.45) is -4.17. The van der Waals surface area contributed by atoms with Gasteiger partial charge in [0.2, 0.25) is 0 Å². The topological polar surface area (TPSA) is 231 Å². The summed E-state index contributed by atoms with van der Waals surface area (Å²) < 4.78 is 0. The summed E-state index contributed by atoms with van der Waals surface area (Å²) in [5.74, 6) is 0. The van der Waals surface area contributed by atoms with E-state index in [4.69, 9.17) is 0 Å². The third-order valence-electron chi connectivity index (χ3n) is 0. The third kappa shape index (κ3) is 56500. The Hall–Kier alpha value is 1.08. The van der Waals surface area contributed by atoms with Gasteiger partial charge in [-0.2, -0.15) is 0 Å². The summed E-state index contributed by atoms with van der Waals surface area (Å²) >= 11 is 0. The summed E-state index contributed by atoms with van der Waals surface area (Å²) in [6, 6.07) is 0. The molecule has 0 aromatic carbocycles. The second-order valence-corrected chi connectivity index (χ2v) is 10.5. The fraction of sp³-hybridized carbons (Fsp3) is 1.00. The summed E-state index contributed by atoms with van der Waals surface area (Å²) in [5.41, 5.74) is 0. The number of hydrogen-bond acceptors (Lipinski definition) is 10. The molecule has 0 radical (unpaired) electrons. The van der Waals surface area contributed by atoms with Gasteiger partial charge in [0, 0.05) is 0 Å². The van der Waals surface area contributed by atoms with Gasteiger partial charge in [-0.05, 0) is 0 Å². The Bertz CT molecular complexity index is 191. The Balaban J connectivity index is -0.0000000237. The molecule has 0 aliphatic heterocycles. The van der Waals surface area contributed by atoms with Crippen molar-refractivity contribution in [2.75, 3.05) is 0 Å². The van der Waals surface area contributed by atoms with E-state index in [0.29, 0.717) is 0 Å². The van der Waals surface area contributed by atoms with Crippen molar-refractivity contribution in [2.45, 2.75) is 200 Å². The second kappa shape index (κ2) is 73.5. The van der Waals surface area contributed by atoms with Crippen molar-refractivity contribution in [1.82, 2.24) is 0 Å². The van der Waals surface area contributed by atoms with Gasteiger partial charge in [0.15, 0.2) is 0 Å². The molecule has 0 aromatic heterocycles. The molecule has 0 heterocycles. The number of hydrogen-bond donors (Lipinski definition) is 0. The Morgan fingerprint density at radius 2 is 0.167 bits per heavy atom. The van der Waals surface area contributed by atoms with Gasteiger partial charge in [-0.3, -0.25) is 0 Å². The van der Waals surface area contributed by atoms with E-state index in [1.54, 1.807) is 138 Å². The minimum Gasteiger partial charge on any atom is -0.852 e. The Morgan fingerprint density at radius 3 is 0.167 bits per heavy atom. The Morgan fingerprint density at radius 1 is 0.167 bits per heavy atom. The molecule has 42 heavy (non-hydrogen) atoms. The molecule has 0 aromatic rings. The van der Waals surface area contributed by atoms with E-state index in [1.165, 1.54) is 0 Å². The van der Waals surface area contributed by atoms with Crippen molar-refractivity contribution in [2.24, 2.45) is 0 Å². The third-order valence-corrected chi connectivity index (χ3v) is 0. The molecule has 0 N–H and O–H groups in total. The summed E-state index contributed by atoms with van der Waals surface area (Å²) in [7, 11) is 0. The van der Waals surface area contributed by atoms with E-state index in [1.807, 2.05) is 0 Å². The molecule has 0 atom stereocenters. The normalized spacial score (nSPS) is 8.57. The van der Waals surface area contributed by atoms with Gasteiger partial charge in [0.05, 0.1) is 0 Å². The van der Waals surface area contributed by atoms with Crippen molar-refractivity contribution < 1.29 is 95.8 Å². The van der Waals surface area contributed by atoms with Gasteiger partial charge < -0.3 is 51.1 Å². The fourth-order valence-electron chi connectivity index (χ4n) is 0. The first-order chi connectivity index (χ1) is 17.3. The van der Waals surface area contributed by atoms with Crippen molar-refractivity contribution in [1.29, 1.82) is 0 Å². The predicted octanol–water partition coefficient (Wildman–Crippen LogP) is -2.45. The molecule has 0 saturated heterocycles. The van der Waals surface area contributed by atoms with Crippen LogP contribution in [0.25, 0.3) is 0 Å². The zero-order chi connectivity index (χ0) is 35.8. The molecular weight excluding hydrogens is 882 g/mol. The largest absolute Gasteiger partial charge is 5.00 e. The van der Waals surface area contributed by atoms with Crippen LogP contribution in [0.5, 0.6) is 0 Å². The minimum atomic E-state index is -0.417.